The summed E-state index contributed by atoms with van der Waals surface area (Å²) in [4.78, 5) is 38.3. The van der Waals surface area contributed by atoms with Gasteiger partial charge in [-0.15, -0.1) is 0 Å². The van der Waals surface area contributed by atoms with Crippen molar-refractivity contribution in [3.8, 4) is 0 Å². The lowest BCUT2D eigenvalue weighted by Gasteiger charge is -2.18. The van der Waals surface area contributed by atoms with Gasteiger partial charge < -0.3 is 14.2 Å². The van der Waals surface area contributed by atoms with Gasteiger partial charge in [0.15, 0.2) is 6.10 Å². The van der Waals surface area contributed by atoms with Crippen LogP contribution in [0.3, 0.4) is 0 Å². The molecular weight excluding hydrogens is 937 g/mol. The van der Waals surface area contributed by atoms with Crippen LogP contribution >= 0.6 is 0 Å². The Hall–Kier alpha value is -2.89. The van der Waals surface area contributed by atoms with Crippen molar-refractivity contribution in [1.29, 1.82) is 0 Å². The average Bonchev–Trinajstić information content (AvgIpc) is 3.42. The molecule has 6 heteroatoms. The molecule has 442 valence electrons. The summed E-state index contributed by atoms with van der Waals surface area (Å²) in [6.07, 6.45) is 82.3. The standard InChI is InChI=1S/C70H126O6/c1-4-7-10-13-16-19-22-25-27-29-31-33-34-35-36-37-39-40-42-45-48-51-54-57-60-63-69(72)75-66-67(65-74-68(71)62-59-56-53-50-47-44-24-21-18-15-12-9-6-3)76-70(73)64-61-58-55-52-49-46-43-41-38-32-30-28-26-23-20-17-14-11-8-5-2/h7,10,16,19,21,24-25,27,31,33,67H,4-6,8-9,11-15,17-18,20,22-23,26,28-30,32,34-66H2,1-3H3/b10-7-,19-16-,24-21-,27-25-,33-31-. The second-order valence-electron chi connectivity index (χ2n) is 22.4. The number of carbonyl (C=O) groups is 3. The first-order valence-corrected chi connectivity index (χ1v) is 33.3. The lowest BCUT2D eigenvalue weighted by molar-refractivity contribution is -0.167. The van der Waals surface area contributed by atoms with Crippen molar-refractivity contribution in [2.45, 2.75) is 354 Å². The van der Waals surface area contributed by atoms with Crippen LogP contribution in [0.5, 0.6) is 0 Å². The van der Waals surface area contributed by atoms with E-state index in [1.165, 1.54) is 218 Å². The van der Waals surface area contributed by atoms with Gasteiger partial charge >= 0.3 is 17.9 Å². The minimum absolute atomic E-state index is 0.0738. The second kappa shape index (κ2) is 64.6. The van der Waals surface area contributed by atoms with E-state index >= 15 is 0 Å². The highest BCUT2D eigenvalue weighted by atomic mass is 16.6. The highest BCUT2D eigenvalue weighted by Gasteiger charge is 2.19. The van der Waals surface area contributed by atoms with Gasteiger partial charge in [0.2, 0.25) is 0 Å². The molecule has 76 heavy (non-hydrogen) atoms. The summed E-state index contributed by atoms with van der Waals surface area (Å²) in [5, 5.41) is 0. The third-order valence-electron chi connectivity index (χ3n) is 14.8. The third-order valence-corrected chi connectivity index (χ3v) is 14.8. The molecule has 0 saturated heterocycles. The number of allylic oxidation sites excluding steroid dienone is 10. The van der Waals surface area contributed by atoms with Gasteiger partial charge in [0.05, 0.1) is 0 Å². The van der Waals surface area contributed by atoms with Crippen molar-refractivity contribution in [3.05, 3.63) is 60.8 Å². The first-order chi connectivity index (χ1) is 37.5. The van der Waals surface area contributed by atoms with Crippen molar-refractivity contribution in [3.63, 3.8) is 0 Å². The van der Waals surface area contributed by atoms with E-state index < -0.39 is 6.10 Å². The molecule has 0 spiro atoms. The monoisotopic (exact) mass is 1060 g/mol. The first-order valence-electron chi connectivity index (χ1n) is 33.3. The summed E-state index contributed by atoms with van der Waals surface area (Å²) >= 11 is 0. The Balaban J connectivity index is 4.27. The van der Waals surface area contributed by atoms with Crippen molar-refractivity contribution in [2.75, 3.05) is 13.2 Å². The predicted octanol–water partition coefficient (Wildman–Crippen LogP) is 22.7. The van der Waals surface area contributed by atoms with E-state index in [-0.39, 0.29) is 31.1 Å². The highest BCUT2D eigenvalue weighted by Crippen LogP contribution is 2.18. The van der Waals surface area contributed by atoms with Gasteiger partial charge in [-0.2, -0.15) is 0 Å². The molecule has 0 heterocycles. The summed E-state index contributed by atoms with van der Waals surface area (Å²) in [7, 11) is 0. The lowest BCUT2D eigenvalue weighted by atomic mass is 10.0. The van der Waals surface area contributed by atoms with Gasteiger partial charge in [0.25, 0.3) is 0 Å². The van der Waals surface area contributed by atoms with Crippen LogP contribution in [0.4, 0.5) is 0 Å². The fourth-order valence-electron chi connectivity index (χ4n) is 9.79. The van der Waals surface area contributed by atoms with Crippen LogP contribution in [0.15, 0.2) is 60.8 Å². The Morgan fingerprint density at radius 3 is 0.829 bits per heavy atom. The number of carbonyl (C=O) groups excluding carboxylic acids is 3. The summed E-state index contributed by atoms with van der Waals surface area (Å²) in [6, 6.07) is 0. The lowest BCUT2D eigenvalue weighted by Crippen LogP contribution is -2.30. The van der Waals surface area contributed by atoms with Crippen LogP contribution < -0.4 is 0 Å². The fourth-order valence-corrected chi connectivity index (χ4v) is 9.79. The number of rotatable bonds is 61. The molecule has 0 N–H and O–H groups in total. The molecule has 0 aromatic carbocycles. The van der Waals surface area contributed by atoms with Gasteiger partial charge in [-0.3, -0.25) is 14.4 Å². The zero-order chi connectivity index (χ0) is 55.0. The van der Waals surface area contributed by atoms with E-state index in [0.29, 0.717) is 19.3 Å². The van der Waals surface area contributed by atoms with E-state index in [2.05, 4.69) is 81.5 Å². The molecule has 1 unspecified atom stereocenters. The smallest absolute Gasteiger partial charge is 0.306 e. The van der Waals surface area contributed by atoms with Gasteiger partial charge in [-0.1, -0.05) is 306 Å². The van der Waals surface area contributed by atoms with Crippen LogP contribution in [-0.2, 0) is 28.6 Å². The Morgan fingerprint density at radius 1 is 0.276 bits per heavy atom. The maximum absolute atomic E-state index is 12.9. The Labute approximate surface area is 472 Å². The van der Waals surface area contributed by atoms with Crippen LogP contribution in [-0.4, -0.2) is 37.2 Å². The van der Waals surface area contributed by atoms with Crippen LogP contribution in [0.2, 0.25) is 0 Å². The van der Waals surface area contributed by atoms with E-state index in [1.54, 1.807) is 0 Å². The van der Waals surface area contributed by atoms with Crippen molar-refractivity contribution in [2.24, 2.45) is 0 Å². The largest absolute Gasteiger partial charge is 0.462 e. The normalized spacial score (nSPS) is 12.4. The fraction of sp³-hybridized carbons (Fsp3) is 0.814. The zero-order valence-electron chi connectivity index (χ0n) is 50.8. The number of ether oxygens (including phenoxy) is 3. The van der Waals surface area contributed by atoms with Gasteiger partial charge in [0, 0.05) is 19.3 Å². The molecule has 0 aliphatic rings. The molecule has 1 atom stereocenters. The van der Waals surface area contributed by atoms with E-state index in [1.807, 2.05) is 0 Å². The zero-order valence-corrected chi connectivity index (χ0v) is 50.8. The maximum atomic E-state index is 12.9. The molecule has 0 amide bonds. The summed E-state index contributed by atoms with van der Waals surface area (Å²) in [5.41, 5.74) is 0. The molecule has 0 fully saturated rings. The topological polar surface area (TPSA) is 78.9 Å². The van der Waals surface area contributed by atoms with Crippen molar-refractivity contribution < 1.29 is 28.6 Å². The summed E-state index contributed by atoms with van der Waals surface area (Å²) < 4.78 is 17.0. The minimum atomic E-state index is -0.777. The van der Waals surface area contributed by atoms with E-state index in [9.17, 15) is 14.4 Å². The maximum Gasteiger partial charge on any atom is 0.306 e. The first kappa shape index (κ1) is 73.1. The SMILES string of the molecule is CC/C=C\C/C=C\C/C=C\C/C=C\CCCCCCCCCCCCCCC(=O)OCC(COC(=O)CCCCCCC/C=C\CCCCCC)OC(=O)CCCCCCCCCCCCCCCCCCCCCC. The van der Waals surface area contributed by atoms with E-state index in [0.717, 1.165) is 89.9 Å². The minimum Gasteiger partial charge on any atom is -0.462 e. The number of unbranched alkanes of at least 4 members (excludes halogenated alkanes) is 40. The van der Waals surface area contributed by atoms with Gasteiger partial charge in [-0.25, -0.2) is 0 Å². The molecule has 0 rings (SSSR count). The quantitative estimate of drug-likeness (QED) is 0.0261. The van der Waals surface area contributed by atoms with Crippen LogP contribution in [0, 0.1) is 0 Å². The Bertz CT molecular complexity index is 1360. The molecule has 0 radical (unpaired) electrons. The highest BCUT2D eigenvalue weighted by molar-refractivity contribution is 5.71. The van der Waals surface area contributed by atoms with Crippen LogP contribution in [0.25, 0.3) is 0 Å². The van der Waals surface area contributed by atoms with Crippen molar-refractivity contribution in [1.82, 2.24) is 0 Å². The van der Waals surface area contributed by atoms with Crippen molar-refractivity contribution >= 4 is 17.9 Å². The third kappa shape index (κ3) is 62.0. The molecule has 0 bridgehead atoms. The molecule has 6 nitrogen and oxygen atoms in total. The second-order valence-corrected chi connectivity index (χ2v) is 22.4. The van der Waals surface area contributed by atoms with Crippen LogP contribution in [0.1, 0.15) is 348 Å². The summed E-state index contributed by atoms with van der Waals surface area (Å²) in [5.74, 6) is -0.863. The summed E-state index contributed by atoms with van der Waals surface area (Å²) in [6.45, 7) is 6.56. The number of hydrogen-bond acceptors (Lipinski definition) is 6. The molecule has 0 aromatic heterocycles. The average molecular weight is 1060 g/mol. The molecule has 0 saturated carbocycles. The van der Waals surface area contributed by atoms with E-state index in [4.69, 9.17) is 14.2 Å². The number of esters is 3. The van der Waals surface area contributed by atoms with Gasteiger partial charge in [-0.05, 0) is 83.5 Å². The Morgan fingerprint density at radius 2 is 0.513 bits per heavy atom. The predicted molar refractivity (Wildman–Crippen MR) is 330 cm³/mol. The molecule has 0 aromatic rings. The Kier molecular flexibility index (Phi) is 62.2. The molecular formula is C70H126O6. The van der Waals surface area contributed by atoms with Gasteiger partial charge in [0.1, 0.15) is 13.2 Å². The number of hydrogen-bond donors (Lipinski definition) is 0. The molecule has 0 aliphatic heterocycles. The molecule has 0 aliphatic carbocycles.